The van der Waals surface area contributed by atoms with Crippen molar-refractivity contribution in [1.82, 2.24) is 0 Å². The highest BCUT2D eigenvalue weighted by Gasteiger charge is 2.12. The largest absolute Gasteiger partial charge is 0.417 e. The van der Waals surface area contributed by atoms with E-state index in [1.807, 2.05) is 6.92 Å². The fourth-order valence-electron chi connectivity index (χ4n) is 2.77. The SMILES string of the molecule is Cc1ccc(NC(=O)Oc2ccc(Cl)cc2C)cc1NC(=O)Oc1ccc(Cl)cc1C. The van der Waals surface area contributed by atoms with E-state index in [4.69, 9.17) is 32.7 Å². The van der Waals surface area contributed by atoms with Gasteiger partial charge in [-0.15, -0.1) is 0 Å². The molecule has 3 rings (SSSR count). The molecule has 2 N–H and O–H groups in total. The van der Waals surface area contributed by atoms with Crippen LogP contribution in [-0.2, 0) is 0 Å². The maximum Gasteiger partial charge on any atom is 0.417 e. The van der Waals surface area contributed by atoms with Crippen molar-refractivity contribution in [2.24, 2.45) is 0 Å². The van der Waals surface area contributed by atoms with Crippen LogP contribution in [0, 0.1) is 20.8 Å². The number of aryl methyl sites for hydroxylation is 3. The summed E-state index contributed by atoms with van der Waals surface area (Å²) in [5, 5.41) is 6.43. The molecule has 3 aromatic carbocycles. The second-order valence-electron chi connectivity index (χ2n) is 6.88. The van der Waals surface area contributed by atoms with Gasteiger partial charge in [0.2, 0.25) is 0 Å². The van der Waals surface area contributed by atoms with Gasteiger partial charge in [-0.2, -0.15) is 0 Å². The molecular weight excluding hydrogens is 439 g/mol. The third-order valence-electron chi connectivity index (χ3n) is 4.40. The molecule has 0 atom stereocenters. The molecule has 6 nitrogen and oxygen atoms in total. The van der Waals surface area contributed by atoms with Gasteiger partial charge in [0, 0.05) is 21.4 Å². The van der Waals surface area contributed by atoms with E-state index in [0.29, 0.717) is 32.9 Å². The molecule has 3 aromatic rings. The Hall–Kier alpha value is -3.22. The summed E-state index contributed by atoms with van der Waals surface area (Å²) in [4.78, 5) is 24.6. The Labute approximate surface area is 190 Å². The zero-order chi connectivity index (χ0) is 22.5. The van der Waals surface area contributed by atoms with E-state index in [2.05, 4.69) is 10.6 Å². The van der Waals surface area contributed by atoms with Crippen molar-refractivity contribution in [3.63, 3.8) is 0 Å². The van der Waals surface area contributed by atoms with E-state index in [1.165, 1.54) is 0 Å². The Morgan fingerprint density at radius 3 is 1.71 bits per heavy atom. The summed E-state index contributed by atoms with van der Waals surface area (Å²) in [5.74, 6) is 0.796. The molecule has 0 aliphatic rings. The van der Waals surface area contributed by atoms with Gasteiger partial charge >= 0.3 is 12.2 Å². The summed E-state index contributed by atoms with van der Waals surface area (Å²) >= 11 is 11.8. The van der Waals surface area contributed by atoms with Gasteiger partial charge in [0.25, 0.3) is 0 Å². The summed E-state index contributed by atoms with van der Waals surface area (Å²) in [6, 6.07) is 15.0. The van der Waals surface area contributed by atoms with E-state index in [0.717, 1.165) is 16.7 Å². The number of ether oxygens (including phenoxy) is 2. The summed E-state index contributed by atoms with van der Waals surface area (Å²) < 4.78 is 10.7. The van der Waals surface area contributed by atoms with Crippen molar-refractivity contribution in [2.75, 3.05) is 10.6 Å². The smallest absolute Gasteiger partial charge is 0.410 e. The fourth-order valence-corrected chi connectivity index (χ4v) is 3.22. The second kappa shape index (κ2) is 9.73. The van der Waals surface area contributed by atoms with Crippen LogP contribution in [-0.4, -0.2) is 12.2 Å². The Morgan fingerprint density at radius 1 is 0.677 bits per heavy atom. The quantitative estimate of drug-likeness (QED) is 0.435. The molecule has 0 unspecified atom stereocenters. The van der Waals surface area contributed by atoms with Crippen LogP contribution in [0.25, 0.3) is 0 Å². The molecule has 31 heavy (non-hydrogen) atoms. The number of carbonyl (C=O) groups is 2. The fraction of sp³-hybridized carbons (Fsp3) is 0.130. The maximum absolute atomic E-state index is 12.3. The zero-order valence-corrected chi connectivity index (χ0v) is 18.6. The third kappa shape index (κ3) is 6.13. The van der Waals surface area contributed by atoms with Gasteiger partial charge < -0.3 is 9.47 Å². The monoisotopic (exact) mass is 458 g/mol. The first-order chi connectivity index (χ1) is 14.7. The molecule has 0 aliphatic carbocycles. The molecule has 160 valence electrons. The van der Waals surface area contributed by atoms with Crippen molar-refractivity contribution in [1.29, 1.82) is 0 Å². The Balaban J connectivity index is 1.66. The number of carbonyl (C=O) groups excluding carboxylic acids is 2. The molecule has 0 fully saturated rings. The first-order valence-corrected chi connectivity index (χ1v) is 10.1. The molecule has 0 aromatic heterocycles. The van der Waals surface area contributed by atoms with E-state index < -0.39 is 12.2 Å². The third-order valence-corrected chi connectivity index (χ3v) is 4.87. The topological polar surface area (TPSA) is 76.7 Å². The average Bonchev–Trinajstić information content (AvgIpc) is 2.69. The molecule has 0 bridgehead atoms. The predicted octanol–water partition coefficient (Wildman–Crippen LogP) is 7.14. The van der Waals surface area contributed by atoms with Crippen LogP contribution in [0.5, 0.6) is 11.5 Å². The lowest BCUT2D eigenvalue weighted by Crippen LogP contribution is -2.19. The van der Waals surface area contributed by atoms with Gasteiger partial charge in [-0.25, -0.2) is 9.59 Å². The lowest BCUT2D eigenvalue weighted by Gasteiger charge is -2.13. The Kier molecular flexibility index (Phi) is 7.05. The Morgan fingerprint density at radius 2 is 1.19 bits per heavy atom. The van der Waals surface area contributed by atoms with E-state index in [9.17, 15) is 9.59 Å². The van der Waals surface area contributed by atoms with Crippen molar-refractivity contribution in [2.45, 2.75) is 20.8 Å². The Bertz CT molecular complexity index is 1150. The standard InChI is InChI=1S/C23H20Cl2N2O4/c1-13-4-7-18(26-22(28)30-20-8-5-16(24)10-14(20)2)12-19(13)27-23(29)31-21-9-6-17(25)11-15(21)3/h4-12H,1-3H3,(H,26,28)(H,27,29). The molecule has 8 heteroatoms. The molecule has 0 radical (unpaired) electrons. The molecular formula is C23H20Cl2N2O4. The van der Waals surface area contributed by atoms with Crippen molar-refractivity contribution >= 4 is 46.8 Å². The number of hydrogen-bond acceptors (Lipinski definition) is 4. The van der Waals surface area contributed by atoms with Crippen LogP contribution in [0.15, 0.2) is 54.6 Å². The highest BCUT2D eigenvalue weighted by atomic mass is 35.5. The average molecular weight is 459 g/mol. The minimum absolute atomic E-state index is 0.397. The van der Waals surface area contributed by atoms with Crippen LogP contribution in [0.4, 0.5) is 21.0 Å². The predicted molar refractivity (Wildman–Crippen MR) is 123 cm³/mol. The van der Waals surface area contributed by atoms with Gasteiger partial charge in [-0.05, 0) is 86.0 Å². The molecule has 0 aliphatic heterocycles. The van der Waals surface area contributed by atoms with Gasteiger partial charge in [0.1, 0.15) is 11.5 Å². The van der Waals surface area contributed by atoms with E-state index >= 15 is 0 Å². The van der Waals surface area contributed by atoms with Crippen molar-refractivity contribution in [3.05, 3.63) is 81.3 Å². The molecule has 0 heterocycles. The number of nitrogens with one attached hydrogen (secondary N) is 2. The lowest BCUT2D eigenvalue weighted by atomic mass is 10.2. The highest BCUT2D eigenvalue weighted by molar-refractivity contribution is 6.31. The molecule has 0 saturated heterocycles. The van der Waals surface area contributed by atoms with Crippen molar-refractivity contribution in [3.8, 4) is 11.5 Å². The lowest BCUT2D eigenvalue weighted by molar-refractivity contribution is 0.214. The summed E-state index contributed by atoms with van der Waals surface area (Å²) in [7, 11) is 0. The first kappa shape index (κ1) is 22.5. The minimum Gasteiger partial charge on any atom is -0.410 e. The van der Waals surface area contributed by atoms with Gasteiger partial charge in [-0.1, -0.05) is 29.3 Å². The summed E-state index contributed by atoms with van der Waals surface area (Å²) in [6.07, 6.45) is -1.33. The normalized spacial score (nSPS) is 10.4. The van der Waals surface area contributed by atoms with E-state index in [1.54, 1.807) is 68.4 Å². The molecule has 0 spiro atoms. The van der Waals surface area contributed by atoms with Crippen molar-refractivity contribution < 1.29 is 19.1 Å². The van der Waals surface area contributed by atoms with Crippen LogP contribution in [0.3, 0.4) is 0 Å². The first-order valence-electron chi connectivity index (χ1n) is 9.32. The summed E-state index contributed by atoms with van der Waals surface area (Å²) in [6.45, 7) is 5.40. The van der Waals surface area contributed by atoms with Crippen LogP contribution in [0.2, 0.25) is 10.0 Å². The minimum atomic E-state index is -0.667. The van der Waals surface area contributed by atoms with Gasteiger partial charge in [0.15, 0.2) is 0 Å². The zero-order valence-electron chi connectivity index (χ0n) is 17.1. The number of benzene rings is 3. The van der Waals surface area contributed by atoms with E-state index in [-0.39, 0.29) is 0 Å². The number of hydrogen-bond donors (Lipinski definition) is 2. The molecule has 2 amide bonds. The maximum atomic E-state index is 12.3. The van der Waals surface area contributed by atoms with Crippen LogP contribution >= 0.6 is 23.2 Å². The number of rotatable bonds is 4. The number of amides is 2. The van der Waals surface area contributed by atoms with Gasteiger partial charge in [-0.3, -0.25) is 10.6 Å². The van der Waals surface area contributed by atoms with Crippen LogP contribution < -0.4 is 20.1 Å². The second-order valence-corrected chi connectivity index (χ2v) is 7.75. The van der Waals surface area contributed by atoms with Crippen LogP contribution in [0.1, 0.15) is 16.7 Å². The highest BCUT2D eigenvalue weighted by Crippen LogP contribution is 2.25. The number of anilines is 2. The number of halogens is 2. The van der Waals surface area contributed by atoms with Gasteiger partial charge in [0.05, 0.1) is 0 Å². The molecule has 0 saturated carbocycles. The summed E-state index contributed by atoms with van der Waals surface area (Å²) in [5.41, 5.74) is 3.18.